The van der Waals surface area contributed by atoms with Crippen molar-refractivity contribution in [1.29, 1.82) is 0 Å². The van der Waals surface area contributed by atoms with E-state index in [1.54, 1.807) is 33.0 Å². The molecule has 1 unspecified atom stereocenters. The number of hydrogen-bond donors (Lipinski definition) is 1. The van der Waals surface area contributed by atoms with Gasteiger partial charge in [-0.3, -0.25) is 9.69 Å². The van der Waals surface area contributed by atoms with Gasteiger partial charge in [0, 0.05) is 6.42 Å². The summed E-state index contributed by atoms with van der Waals surface area (Å²) in [5.74, 6) is -0.116. The second-order valence-corrected chi connectivity index (χ2v) is 4.46. The van der Waals surface area contributed by atoms with Crippen LogP contribution in [0.1, 0.15) is 12.5 Å². The Morgan fingerprint density at radius 2 is 2.00 bits per heavy atom. The molecule has 0 saturated heterocycles. The standard InChI is InChI=1S/C13H19NO3/c1-13(12(15)16,14(2)3)9-10-7-5-6-8-11(10)17-4/h5-8H,9H2,1-4H3,(H,15,16). The van der Waals surface area contributed by atoms with E-state index in [1.807, 2.05) is 24.3 Å². The van der Waals surface area contributed by atoms with Gasteiger partial charge in [-0.1, -0.05) is 18.2 Å². The maximum atomic E-state index is 11.4. The fourth-order valence-electron chi connectivity index (χ4n) is 1.64. The zero-order valence-corrected chi connectivity index (χ0v) is 10.7. The summed E-state index contributed by atoms with van der Waals surface area (Å²) >= 11 is 0. The van der Waals surface area contributed by atoms with E-state index in [0.717, 1.165) is 11.3 Å². The smallest absolute Gasteiger partial charge is 0.324 e. The first-order valence-corrected chi connectivity index (χ1v) is 5.44. The molecule has 4 nitrogen and oxygen atoms in total. The number of methoxy groups -OCH3 is 1. The van der Waals surface area contributed by atoms with E-state index in [4.69, 9.17) is 4.74 Å². The third-order valence-corrected chi connectivity index (χ3v) is 3.17. The van der Waals surface area contributed by atoms with E-state index >= 15 is 0 Å². The van der Waals surface area contributed by atoms with Gasteiger partial charge in [-0.15, -0.1) is 0 Å². The van der Waals surface area contributed by atoms with Gasteiger partial charge >= 0.3 is 5.97 Å². The summed E-state index contributed by atoms with van der Waals surface area (Å²) in [7, 11) is 5.12. The second kappa shape index (κ2) is 5.19. The summed E-state index contributed by atoms with van der Waals surface area (Å²) in [6.45, 7) is 1.71. The summed E-state index contributed by atoms with van der Waals surface area (Å²) in [6.07, 6.45) is 0.402. The quantitative estimate of drug-likeness (QED) is 0.846. The Bertz CT molecular complexity index is 403. The number of rotatable bonds is 5. The lowest BCUT2D eigenvalue weighted by molar-refractivity contribution is -0.148. The molecule has 0 bridgehead atoms. The maximum absolute atomic E-state index is 11.4. The zero-order valence-electron chi connectivity index (χ0n) is 10.7. The number of ether oxygens (including phenoxy) is 1. The van der Waals surface area contributed by atoms with Gasteiger partial charge in [-0.2, -0.15) is 0 Å². The molecule has 0 aliphatic rings. The summed E-state index contributed by atoms with van der Waals surface area (Å²) in [5, 5.41) is 9.35. The van der Waals surface area contributed by atoms with E-state index in [-0.39, 0.29) is 0 Å². The number of carboxylic acid groups (broad SMARTS) is 1. The molecular formula is C13H19NO3. The Balaban J connectivity index is 3.06. The molecule has 1 rings (SSSR count). The number of benzene rings is 1. The van der Waals surface area contributed by atoms with Gasteiger partial charge in [0.25, 0.3) is 0 Å². The first kappa shape index (κ1) is 13.5. The minimum absolute atomic E-state index is 0.402. The lowest BCUT2D eigenvalue weighted by atomic mass is 9.91. The predicted molar refractivity (Wildman–Crippen MR) is 66.4 cm³/mol. The van der Waals surface area contributed by atoms with E-state index in [1.165, 1.54) is 0 Å². The van der Waals surface area contributed by atoms with E-state index in [0.29, 0.717) is 6.42 Å². The van der Waals surface area contributed by atoms with Gasteiger partial charge in [-0.05, 0) is 32.6 Å². The summed E-state index contributed by atoms with van der Waals surface area (Å²) < 4.78 is 5.24. The molecule has 0 aliphatic carbocycles. The van der Waals surface area contributed by atoms with Crippen LogP contribution in [0.25, 0.3) is 0 Å². The number of nitrogens with zero attached hydrogens (tertiary/aromatic N) is 1. The van der Waals surface area contributed by atoms with Crippen molar-refractivity contribution >= 4 is 5.97 Å². The summed E-state index contributed by atoms with van der Waals surface area (Å²) in [5.41, 5.74) is -0.0390. The number of para-hydroxylation sites is 1. The Morgan fingerprint density at radius 1 is 1.41 bits per heavy atom. The molecule has 0 fully saturated rings. The highest BCUT2D eigenvalue weighted by molar-refractivity contribution is 5.78. The van der Waals surface area contributed by atoms with Gasteiger partial charge in [0.15, 0.2) is 0 Å². The molecule has 0 aliphatic heterocycles. The Hall–Kier alpha value is -1.55. The van der Waals surface area contributed by atoms with Crippen molar-refractivity contribution in [2.45, 2.75) is 18.9 Å². The van der Waals surface area contributed by atoms with Crippen LogP contribution >= 0.6 is 0 Å². The van der Waals surface area contributed by atoms with Crippen LogP contribution in [-0.4, -0.2) is 42.7 Å². The SMILES string of the molecule is COc1ccccc1CC(C)(C(=O)O)N(C)C. The first-order valence-electron chi connectivity index (χ1n) is 5.44. The monoisotopic (exact) mass is 237 g/mol. The van der Waals surface area contributed by atoms with Gasteiger partial charge in [0.05, 0.1) is 7.11 Å². The van der Waals surface area contributed by atoms with Crippen LogP contribution in [-0.2, 0) is 11.2 Å². The van der Waals surface area contributed by atoms with Crippen molar-refractivity contribution in [3.8, 4) is 5.75 Å². The summed E-state index contributed by atoms with van der Waals surface area (Å²) in [4.78, 5) is 13.1. The third kappa shape index (κ3) is 2.77. The topological polar surface area (TPSA) is 49.8 Å². The first-order chi connectivity index (χ1) is 7.91. The van der Waals surface area contributed by atoms with Crippen LogP contribution in [0.2, 0.25) is 0 Å². The Kier molecular flexibility index (Phi) is 4.12. The molecule has 1 aromatic carbocycles. The van der Waals surface area contributed by atoms with Gasteiger partial charge < -0.3 is 9.84 Å². The highest BCUT2D eigenvalue weighted by Gasteiger charge is 2.36. The number of carboxylic acids is 1. The molecule has 94 valence electrons. The molecule has 1 atom stereocenters. The Labute approximate surface area is 102 Å². The number of aliphatic carboxylic acids is 1. The van der Waals surface area contributed by atoms with Gasteiger partial charge in [0.2, 0.25) is 0 Å². The molecule has 0 aromatic heterocycles. The molecule has 1 N–H and O–H groups in total. The lowest BCUT2D eigenvalue weighted by Gasteiger charge is -2.32. The molecule has 4 heteroatoms. The molecular weight excluding hydrogens is 218 g/mol. The maximum Gasteiger partial charge on any atom is 0.324 e. The van der Waals surface area contributed by atoms with Crippen LogP contribution in [0.4, 0.5) is 0 Å². The fraction of sp³-hybridized carbons (Fsp3) is 0.462. The number of likely N-dealkylation sites (N-methyl/N-ethyl adjacent to an activating group) is 1. The van der Waals surface area contributed by atoms with Gasteiger partial charge in [-0.25, -0.2) is 0 Å². The minimum atomic E-state index is -0.936. The van der Waals surface area contributed by atoms with Crippen LogP contribution in [0.3, 0.4) is 0 Å². The van der Waals surface area contributed by atoms with Crippen LogP contribution < -0.4 is 4.74 Å². The van der Waals surface area contributed by atoms with E-state index in [2.05, 4.69) is 0 Å². The minimum Gasteiger partial charge on any atom is -0.496 e. The van der Waals surface area contributed by atoms with Crippen molar-refractivity contribution in [2.75, 3.05) is 21.2 Å². The molecule has 1 aromatic rings. The zero-order chi connectivity index (χ0) is 13.1. The molecule has 0 amide bonds. The largest absolute Gasteiger partial charge is 0.496 e. The molecule has 0 radical (unpaired) electrons. The van der Waals surface area contributed by atoms with E-state index in [9.17, 15) is 9.90 Å². The Morgan fingerprint density at radius 3 is 2.47 bits per heavy atom. The normalized spacial score (nSPS) is 14.4. The predicted octanol–water partition coefficient (Wildman–Crippen LogP) is 1.64. The molecule has 0 heterocycles. The second-order valence-electron chi connectivity index (χ2n) is 4.46. The molecule has 0 spiro atoms. The average Bonchev–Trinajstić information content (AvgIpc) is 2.29. The molecule has 0 saturated carbocycles. The average molecular weight is 237 g/mol. The highest BCUT2D eigenvalue weighted by atomic mass is 16.5. The number of carbonyl (C=O) groups is 1. The van der Waals surface area contributed by atoms with Crippen molar-refractivity contribution < 1.29 is 14.6 Å². The molecule has 17 heavy (non-hydrogen) atoms. The van der Waals surface area contributed by atoms with E-state index < -0.39 is 11.5 Å². The fourth-order valence-corrected chi connectivity index (χ4v) is 1.64. The highest BCUT2D eigenvalue weighted by Crippen LogP contribution is 2.25. The van der Waals surface area contributed by atoms with Crippen LogP contribution in [0.15, 0.2) is 24.3 Å². The van der Waals surface area contributed by atoms with Crippen molar-refractivity contribution in [3.63, 3.8) is 0 Å². The van der Waals surface area contributed by atoms with Crippen LogP contribution in [0, 0.1) is 0 Å². The van der Waals surface area contributed by atoms with Crippen molar-refractivity contribution in [1.82, 2.24) is 4.90 Å². The van der Waals surface area contributed by atoms with Crippen LogP contribution in [0.5, 0.6) is 5.75 Å². The van der Waals surface area contributed by atoms with Crippen molar-refractivity contribution in [2.24, 2.45) is 0 Å². The lowest BCUT2D eigenvalue weighted by Crippen LogP contribution is -2.50. The summed E-state index contributed by atoms with van der Waals surface area (Å²) in [6, 6.07) is 7.49. The third-order valence-electron chi connectivity index (χ3n) is 3.17. The number of hydrogen-bond acceptors (Lipinski definition) is 3. The van der Waals surface area contributed by atoms with Crippen molar-refractivity contribution in [3.05, 3.63) is 29.8 Å². The van der Waals surface area contributed by atoms with Gasteiger partial charge in [0.1, 0.15) is 11.3 Å².